The third-order valence-corrected chi connectivity index (χ3v) is 4.25. The number of hydrogen-bond acceptors (Lipinski definition) is 4. The quantitative estimate of drug-likeness (QED) is 0.455. The zero-order valence-corrected chi connectivity index (χ0v) is 16.8. The van der Waals surface area contributed by atoms with E-state index >= 15 is 0 Å². The molecule has 0 aliphatic rings. The molecule has 0 saturated carbocycles. The summed E-state index contributed by atoms with van der Waals surface area (Å²) in [6.45, 7) is 2.75. The number of carbonyl (C=O) groups is 1. The van der Waals surface area contributed by atoms with Crippen LogP contribution < -0.4 is 10.6 Å². The highest BCUT2D eigenvalue weighted by atomic mass is 35.5. The van der Waals surface area contributed by atoms with Crippen LogP contribution >= 0.6 is 23.8 Å². The molecule has 0 saturated heterocycles. The van der Waals surface area contributed by atoms with Crippen molar-refractivity contribution in [2.45, 2.75) is 13.5 Å². The van der Waals surface area contributed by atoms with Gasteiger partial charge in [-0.05, 0) is 61.1 Å². The second-order valence-electron chi connectivity index (χ2n) is 5.90. The highest BCUT2D eigenvalue weighted by Crippen LogP contribution is 2.13. The Morgan fingerprint density at radius 1 is 1.11 bits per heavy atom. The number of thiocarbonyl (C=S) groups is 1. The highest BCUT2D eigenvalue weighted by Gasteiger charge is 2.07. The molecule has 0 bridgehead atoms. The van der Waals surface area contributed by atoms with Gasteiger partial charge in [0.2, 0.25) is 0 Å². The summed E-state index contributed by atoms with van der Waals surface area (Å²) in [7, 11) is 0. The second-order valence-corrected chi connectivity index (χ2v) is 6.75. The van der Waals surface area contributed by atoms with E-state index in [0.717, 1.165) is 11.3 Å². The largest absolute Gasteiger partial charge is 0.462 e. The molecule has 1 heterocycles. The van der Waals surface area contributed by atoms with Gasteiger partial charge >= 0.3 is 5.97 Å². The molecule has 28 heavy (non-hydrogen) atoms. The first kappa shape index (κ1) is 19.9. The maximum atomic E-state index is 11.7. The van der Waals surface area contributed by atoms with Gasteiger partial charge in [0.1, 0.15) is 0 Å². The van der Waals surface area contributed by atoms with E-state index in [1.165, 1.54) is 0 Å². The Labute approximate surface area is 173 Å². The van der Waals surface area contributed by atoms with Gasteiger partial charge in [-0.3, -0.25) is 4.68 Å². The fraction of sp³-hybridized carbons (Fsp3) is 0.150. The number of aromatic nitrogens is 2. The molecule has 1 aromatic heterocycles. The Morgan fingerprint density at radius 2 is 1.82 bits per heavy atom. The minimum atomic E-state index is -0.346. The van der Waals surface area contributed by atoms with Crippen molar-refractivity contribution in [2.75, 3.05) is 17.2 Å². The van der Waals surface area contributed by atoms with Crippen LogP contribution in [0.3, 0.4) is 0 Å². The van der Waals surface area contributed by atoms with Crippen molar-refractivity contribution < 1.29 is 9.53 Å². The third-order valence-electron chi connectivity index (χ3n) is 3.79. The van der Waals surface area contributed by atoms with Gasteiger partial charge in [-0.2, -0.15) is 5.10 Å². The maximum Gasteiger partial charge on any atom is 0.338 e. The smallest absolute Gasteiger partial charge is 0.338 e. The van der Waals surface area contributed by atoms with Gasteiger partial charge in [0.05, 0.1) is 18.7 Å². The molecule has 2 N–H and O–H groups in total. The summed E-state index contributed by atoms with van der Waals surface area (Å²) in [4.78, 5) is 11.7. The Hall–Kier alpha value is -2.90. The molecule has 0 aliphatic carbocycles. The highest BCUT2D eigenvalue weighted by molar-refractivity contribution is 7.80. The first-order valence-corrected chi connectivity index (χ1v) is 9.45. The maximum absolute atomic E-state index is 11.7. The summed E-state index contributed by atoms with van der Waals surface area (Å²) in [5, 5.41) is 11.7. The molecule has 8 heteroatoms. The second kappa shape index (κ2) is 9.34. The first-order valence-electron chi connectivity index (χ1n) is 8.66. The van der Waals surface area contributed by atoms with Crippen LogP contribution in [-0.2, 0) is 11.3 Å². The lowest BCUT2D eigenvalue weighted by molar-refractivity contribution is 0.0526. The van der Waals surface area contributed by atoms with E-state index < -0.39 is 0 Å². The molecular formula is C20H19ClN4O2S. The van der Waals surface area contributed by atoms with Crippen molar-refractivity contribution in [3.8, 4) is 0 Å². The van der Waals surface area contributed by atoms with Crippen LogP contribution in [0.1, 0.15) is 22.8 Å². The van der Waals surface area contributed by atoms with Gasteiger partial charge in [-0.25, -0.2) is 4.79 Å². The lowest BCUT2D eigenvalue weighted by Gasteiger charge is -2.09. The molecule has 0 amide bonds. The molecule has 0 radical (unpaired) electrons. The Kier molecular flexibility index (Phi) is 6.62. The summed E-state index contributed by atoms with van der Waals surface area (Å²) >= 11 is 11.2. The fourth-order valence-electron chi connectivity index (χ4n) is 2.48. The first-order chi connectivity index (χ1) is 13.5. The molecule has 144 valence electrons. The fourth-order valence-corrected chi connectivity index (χ4v) is 2.82. The number of hydrogen-bond donors (Lipinski definition) is 2. The van der Waals surface area contributed by atoms with E-state index in [4.69, 9.17) is 28.6 Å². The van der Waals surface area contributed by atoms with Crippen molar-refractivity contribution in [3.05, 3.63) is 76.9 Å². The van der Waals surface area contributed by atoms with Gasteiger partial charge in [0.15, 0.2) is 10.9 Å². The van der Waals surface area contributed by atoms with Crippen LogP contribution in [0.25, 0.3) is 0 Å². The summed E-state index contributed by atoms with van der Waals surface area (Å²) in [6.07, 6.45) is 1.87. The van der Waals surface area contributed by atoms with Crippen LogP contribution in [0.5, 0.6) is 0 Å². The average molecular weight is 415 g/mol. The van der Waals surface area contributed by atoms with Gasteiger partial charge in [0, 0.05) is 23.0 Å². The monoisotopic (exact) mass is 414 g/mol. The van der Waals surface area contributed by atoms with E-state index in [2.05, 4.69) is 15.7 Å². The minimum Gasteiger partial charge on any atom is -0.462 e. The molecule has 2 aromatic carbocycles. The number of carbonyl (C=O) groups excluding carboxylic acids is 1. The summed E-state index contributed by atoms with van der Waals surface area (Å²) < 4.78 is 6.77. The number of rotatable bonds is 6. The molecule has 0 spiro atoms. The van der Waals surface area contributed by atoms with E-state index in [1.54, 1.807) is 31.2 Å². The third kappa shape index (κ3) is 5.55. The lowest BCUT2D eigenvalue weighted by Crippen LogP contribution is -2.19. The van der Waals surface area contributed by atoms with Crippen LogP contribution in [0, 0.1) is 0 Å². The Bertz CT molecular complexity index is 955. The number of ether oxygens (including phenoxy) is 1. The summed E-state index contributed by atoms with van der Waals surface area (Å²) in [5.74, 6) is 0.288. The molecular weight excluding hydrogens is 396 g/mol. The van der Waals surface area contributed by atoms with E-state index in [-0.39, 0.29) is 5.97 Å². The van der Waals surface area contributed by atoms with E-state index in [9.17, 15) is 4.79 Å². The normalized spacial score (nSPS) is 10.4. The molecule has 0 unspecified atom stereocenters. The van der Waals surface area contributed by atoms with Gasteiger partial charge < -0.3 is 15.4 Å². The SMILES string of the molecule is CCOC(=O)c1ccc(NC(=S)Nc2ccn(Cc3ccc(Cl)cc3)n2)cc1. The Morgan fingerprint density at radius 3 is 2.50 bits per heavy atom. The van der Waals surface area contributed by atoms with E-state index in [0.29, 0.717) is 34.7 Å². The van der Waals surface area contributed by atoms with Gasteiger partial charge in [0.25, 0.3) is 0 Å². The van der Waals surface area contributed by atoms with Crippen molar-refractivity contribution in [1.29, 1.82) is 0 Å². The standard InChI is InChI=1S/C20H19ClN4O2S/c1-2-27-19(26)15-5-9-17(10-6-15)22-20(28)23-18-11-12-25(24-18)13-14-3-7-16(21)8-4-14/h3-12H,2,13H2,1H3,(H2,22,23,24,28). The number of anilines is 2. The number of halogens is 1. The summed E-state index contributed by atoms with van der Waals surface area (Å²) in [6, 6.07) is 16.4. The molecule has 0 atom stereocenters. The number of esters is 1. The van der Waals surface area contributed by atoms with Crippen molar-refractivity contribution in [2.24, 2.45) is 0 Å². The van der Waals surface area contributed by atoms with Crippen LogP contribution in [-0.4, -0.2) is 27.5 Å². The van der Waals surface area contributed by atoms with Gasteiger partial charge in [-0.15, -0.1) is 0 Å². The predicted molar refractivity (Wildman–Crippen MR) is 115 cm³/mol. The molecule has 0 fully saturated rings. The van der Waals surface area contributed by atoms with Crippen molar-refractivity contribution in [1.82, 2.24) is 9.78 Å². The molecule has 6 nitrogen and oxygen atoms in total. The molecule has 0 aliphatic heterocycles. The minimum absolute atomic E-state index is 0.345. The van der Waals surface area contributed by atoms with Gasteiger partial charge in [-0.1, -0.05) is 23.7 Å². The number of benzene rings is 2. The average Bonchev–Trinajstić information content (AvgIpc) is 3.11. The lowest BCUT2D eigenvalue weighted by atomic mass is 10.2. The van der Waals surface area contributed by atoms with E-state index in [1.807, 2.05) is 41.2 Å². The Balaban J connectivity index is 1.54. The van der Waals surface area contributed by atoms with Crippen LogP contribution in [0.2, 0.25) is 5.02 Å². The van der Waals surface area contributed by atoms with Crippen LogP contribution in [0.15, 0.2) is 60.8 Å². The van der Waals surface area contributed by atoms with Crippen LogP contribution in [0.4, 0.5) is 11.5 Å². The summed E-state index contributed by atoms with van der Waals surface area (Å²) in [5.41, 5.74) is 2.35. The number of nitrogens with one attached hydrogen (secondary N) is 2. The topological polar surface area (TPSA) is 68.2 Å². The molecule has 3 rings (SSSR count). The number of nitrogens with zero attached hydrogens (tertiary/aromatic N) is 2. The zero-order valence-electron chi connectivity index (χ0n) is 15.2. The van der Waals surface area contributed by atoms with Crippen molar-refractivity contribution >= 4 is 46.4 Å². The predicted octanol–water partition coefficient (Wildman–Crippen LogP) is 4.57. The van der Waals surface area contributed by atoms with Crippen molar-refractivity contribution in [3.63, 3.8) is 0 Å². The zero-order chi connectivity index (χ0) is 19.9. The molecule has 3 aromatic rings.